The minimum absolute atomic E-state index is 0.0236. The number of nitrogens with two attached hydrogens (primary N) is 1. The fourth-order valence-electron chi connectivity index (χ4n) is 1.93. The first kappa shape index (κ1) is 14.7. The van der Waals surface area contributed by atoms with Crippen LogP contribution in [0.5, 0.6) is 0 Å². The van der Waals surface area contributed by atoms with Gasteiger partial charge in [0.1, 0.15) is 5.69 Å². The van der Waals surface area contributed by atoms with Crippen molar-refractivity contribution < 1.29 is 18.6 Å². The predicted molar refractivity (Wildman–Crippen MR) is 73.2 cm³/mol. The number of rotatable bonds is 2. The zero-order valence-electron chi connectivity index (χ0n) is 11.8. The molecule has 6 nitrogen and oxygen atoms in total. The Morgan fingerprint density at radius 1 is 1.25 bits per heavy atom. The number of nitrogen functional groups attached to an aromatic ring is 1. The average molecular weight is 282 g/mol. The third-order valence-electron chi connectivity index (χ3n) is 3.87. The van der Waals surface area contributed by atoms with E-state index in [1.165, 1.54) is 12.1 Å². The summed E-state index contributed by atoms with van der Waals surface area (Å²) < 4.78 is 25.6. The number of nitro benzene ring substituents is 1. The fourth-order valence-corrected chi connectivity index (χ4v) is 1.93. The van der Waals surface area contributed by atoms with Gasteiger partial charge < -0.3 is 15.0 Å². The lowest BCUT2D eigenvalue weighted by Crippen LogP contribution is -2.41. The average Bonchev–Trinajstić information content (AvgIpc) is 2.47. The maximum absolute atomic E-state index is 14.3. The molecule has 0 spiro atoms. The van der Waals surface area contributed by atoms with E-state index in [0.29, 0.717) is 0 Å². The van der Waals surface area contributed by atoms with Crippen molar-refractivity contribution in [1.82, 2.24) is 0 Å². The van der Waals surface area contributed by atoms with Crippen LogP contribution in [0.2, 0.25) is 0 Å². The molecular formula is C12H16BFN2O4. The second kappa shape index (κ2) is 4.42. The number of halogens is 1. The summed E-state index contributed by atoms with van der Waals surface area (Å²) >= 11 is 0. The van der Waals surface area contributed by atoms with E-state index in [9.17, 15) is 14.5 Å². The number of anilines is 1. The van der Waals surface area contributed by atoms with Crippen molar-refractivity contribution in [1.29, 1.82) is 0 Å². The maximum Gasteiger partial charge on any atom is 0.498 e. The van der Waals surface area contributed by atoms with Crippen LogP contribution < -0.4 is 11.2 Å². The quantitative estimate of drug-likeness (QED) is 0.385. The normalized spacial score (nSPS) is 20.1. The SMILES string of the molecule is CC1(C)OB(c2ccc(N)c([N+](=O)[O-])c2F)OC1(C)C. The van der Waals surface area contributed by atoms with E-state index in [1.54, 1.807) is 0 Å². The zero-order chi connectivity index (χ0) is 15.3. The monoisotopic (exact) mass is 282 g/mol. The second-order valence-electron chi connectivity index (χ2n) is 5.75. The zero-order valence-corrected chi connectivity index (χ0v) is 11.8. The Morgan fingerprint density at radius 3 is 2.20 bits per heavy atom. The van der Waals surface area contributed by atoms with Gasteiger partial charge in [0, 0.05) is 5.46 Å². The number of nitrogens with zero attached hydrogens (tertiary/aromatic N) is 1. The molecule has 0 aliphatic carbocycles. The van der Waals surface area contributed by atoms with Gasteiger partial charge in [-0.25, -0.2) is 0 Å². The summed E-state index contributed by atoms with van der Waals surface area (Å²) in [7, 11) is -1.00. The Kier molecular flexibility index (Phi) is 3.26. The maximum atomic E-state index is 14.3. The van der Waals surface area contributed by atoms with Gasteiger partial charge in [-0.3, -0.25) is 10.1 Å². The molecule has 8 heteroatoms. The first-order valence-electron chi connectivity index (χ1n) is 6.15. The standard InChI is InChI=1S/C12H16BFN2O4/c1-11(2)12(3,4)20-13(19-11)7-5-6-8(15)10(9(7)14)16(17)18/h5-6H,15H2,1-4H3. The van der Waals surface area contributed by atoms with Crippen molar-refractivity contribution in [3.05, 3.63) is 28.1 Å². The lowest BCUT2D eigenvalue weighted by atomic mass is 9.78. The Morgan fingerprint density at radius 2 is 1.75 bits per heavy atom. The van der Waals surface area contributed by atoms with Crippen LogP contribution in [-0.4, -0.2) is 23.2 Å². The van der Waals surface area contributed by atoms with Crippen LogP contribution in [0.3, 0.4) is 0 Å². The molecule has 0 amide bonds. The minimum Gasteiger partial charge on any atom is -0.399 e. The Balaban J connectivity index is 2.46. The summed E-state index contributed by atoms with van der Waals surface area (Å²) in [6.07, 6.45) is 0. The minimum atomic E-state index is -1.02. The van der Waals surface area contributed by atoms with Crippen molar-refractivity contribution in [3.63, 3.8) is 0 Å². The van der Waals surface area contributed by atoms with Gasteiger partial charge in [0.05, 0.1) is 16.1 Å². The first-order chi connectivity index (χ1) is 9.07. The molecule has 1 aromatic carbocycles. The number of hydrogen-bond donors (Lipinski definition) is 1. The molecule has 20 heavy (non-hydrogen) atoms. The van der Waals surface area contributed by atoms with Gasteiger partial charge in [-0.2, -0.15) is 4.39 Å². The molecule has 0 radical (unpaired) electrons. The van der Waals surface area contributed by atoms with E-state index in [1.807, 2.05) is 27.7 Å². The summed E-state index contributed by atoms with van der Waals surface area (Å²) in [6.45, 7) is 7.26. The first-order valence-corrected chi connectivity index (χ1v) is 6.15. The predicted octanol–water partition coefficient (Wildman–Crippen LogP) is 1.62. The van der Waals surface area contributed by atoms with Gasteiger partial charge >= 0.3 is 12.8 Å². The van der Waals surface area contributed by atoms with Crippen molar-refractivity contribution in [2.45, 2.75) is 38.9 Å². The molecule has 0 atom stereocenters. The van der Waals surface area contributed by atoms with Crippen LogP contribution in [0.15, 0.2) is 12.1 Å². The number of hydrogen-bond acceptors (Lipinski definition) is 5. The van der Waals surface area contributed by atoms with Gasteiger partial charge in [0.25, 0.3) is 0 Å². The van der Waals surface area contributed by atoms with Crippen molar-refractivity contribution >= 4 is 24.0 Å². The topological polar surface area (TPSA) is 87.6 Å². The molecule has 1 aliphatic rings. The molecule has 0 bridgehead atoms. The molecule has 108 valence electrons. The molecule has 2 N–H and O–H groups in total. The van der Waals surface area contributed by atoms with Crippen LogP contribution in [-0.2, 0) is 9.31 Å². The number of benzene rings is 1. The van der Waals surface area contributed by atoms with Crippen LogP contribution in [0, 0.1) is 15.9 Å². The van der Waals surface area contributed by atoms with Crippen LogP contribution in [0.4, 0.5) is 15.8 Å². The number of nitro groups is 1. The Labute approximate surface area is 116 Å². The van der Waals surface area contributed by atoms with Crippen LogP contribution >= 0.6 is 0 Å². The highest BCUT2D eigenvalue weighted by molar-refractivity contribution is 6.62. The second-order valence-corrected chi connectivity index (χ2v) is 5.75. The highest BCUT2D eigenvalue weighted by atomic mass is 19.1. The Bertz CT molecular complexity index is 561. The smallest absolute Gasteiger partial charge is 0.399 e. The molecule has 0 unspecified atom stereocenters. The molecule has 1 saturated heterocycles. The summed E-state index contributed by atoms with van der Waals surface area (Å²) in [5.74, 6) is -1.02. The summed E-state index contributed by atoms with van der Waals surface area (Å²) in [5.41, 5.74) is 3.12. The molecule has 2 rings (SSSR count). The van der Waals surface area contributed by atoms with Gasteiger partial charge in [-0.05, 0) is 33.8 Å². The lowest BCUT2D eigenvalue weighted by Gasteiger charge is -2.32. The van der Waals surface area contributed by atoms with E-state index in [2.05, 4.69) is 0 Å². The molecular weight excluding hydrogens is 266 g/mol. The highest BCUT2D eigenvalue weighted by Crippen LogP contribution is 2.37. The molecule has 0 saturated carbocycles. The van der Waals surface area contributed by atoms with Gasteiger partial charge in [-0.15, -0.1) is 0 Å². The van der Waals surface area contributed by atoms with Crippen molar-refractivity contribution in [2.75, 3.05) is 5.73 Å². The molecule has 1 aromatic rings. The molecule has 1 heterocycles. The molecule has 1 fully saturated rings. The van der Waals surface area contributed by atoms with E-state index >= 15 is 0 Å². The molecule has 0 aromatic heterocycles. The molecule has 1 aliphatic heterocycles. The van der Waals surface area contributed by atoms with E-state index < -0.39 is 34.7 Å². The van der Waals surface area contributed by atoms with Gasteiger partial charge in [-0.1, -0.05) is 6.07 Å². The van der Waals surface area contributed by atoms with E-state index in [-0.39, 0.29) is 11.2 Å². The van der Waals surface area contributed by atoms with E-state index in [0.717, 1.165) is 0 Å². The highest BCUT2D eigenvalue weighted by Gasteiger charge is 2.53. The third-order valence-corrected chi connectivity index (χ3v) is 3.87. The Hall–Kier alpha value is -1.67. The third kappa shape index (κ3) is 2.14. The van der Waals surface area contributed by atoms with Gasteiger partial charge in [0.2, 0.25) is 5.82 Å². The van der Waals surface area contributed by atoms with Crippen LogP contribution in [0.1, 0.15) is 27.7 Å². The summed E-state index contributed by atoms with van der Waals surface area (Å²) in [6, 6.07) is 2.63. The van der Waals surface area contributed by atoms with Crippen LogP contribution in [0.25, 0.3) is 0 Å². The fraction of sp³-hybridized carbons (Fsp3) is 0.500. The lowest BCUT2D eigenvalue weighted by molar-refractivity contribution is -0.386. The largest absolute Gasteiger partial charge is 0.498 e. The summed E-state index contributed by atoms with van der Waals surface area (Å²) in [5, 5.41) is 10.9. The van der Waals surface area contributed by atoms with Crippen molar-refractivity contribution in [2.24, 2.45) is 0 Å². The summed E-state index contributed by atoms with van der Waals surface area (Å²) in [4.78, 5) is 10.0. The van der Waals surface area contributed by atoms with E-state index in [4.69, 9.17) is 15.0 Å². The van der Waals surface area contributed by atoms with Gasteiger partial charge in [0.15, 0.2) is 0 Å². The van der Waals surface area contributed by atoms with Crippen molar-refractivity contribution in [3.8, 4) is 0 Å².